The lowest BCUT2D eigenvalue weighted by molar-refractivity contribution is -0.154. The van der Waals surface area contributed by atoms with Crippen LogP contribution in [0.15, 0.2) is 0 Å². The van der Waals surface area contributed by atoms with Crippen LogP contribution in [0, 0.1) is 5.92 Å². The highest BCUT2D eigenvalue weighted by Gasteiger charge is 2.17. The highest BCUT2D eigenvalue weighted by Crippen LogP contribution is 2.09. The lowest BCUT2D eigenvalue weighted by Gasteiger charge is -2.20. The zero-order valence-corrected chi connectivity index (χ0v) is 15.0. The molecule has 0 aromatic carbocycles. The molecule has 0 aromatic rings. The summed E-state index contributed by atoms with van der Waals surface area (Å²) in [4.78, 5) is 22.4. The van der Waals surface area contributed by atoms with E-state index in [1.807, 2.05) is 6.92 Å². The van der Waals surface area contributed by atoms with E-state index in [1.54, 1.807) is 6.92 Å². The molecule has 1 N–H and O–H groups in total. The standard InChI is InChI=1S/C14H26O6S2/c1-9(21)4-13(16)19-7-12(6-18-11(3)15)8-20-14(17)5-10(2)22/h9-10,12-13,16,21-22H,4-8H2,1-3H3. The zero-order chi connectivity index (χ0) is 17.1. The summed E-state index contributed by atoms with van der Waals surface area (Å²) in [7, 11) is 0. The SMILES string of the molecule is CC(=O)OCC(COC(=O)CC(C)S)COC(O)CC(C)S. The summed E-state index contributed by atoms with van der Waals surface area (Å²) in [5.41, 5.74) is 0. The van der Waals surface area contributed by atoms with E-state index in [4.69, 9.17) is 14.2 Å². The Labute approximate surface area is 142 Å². The van der Waals surface area contributed by atoms with E-state index >= 15 is 0 Å². The Bertz CT molecular complexity index is 335. The van der Waals surface area contributed by atoms with Crippen LogP contribution in [0.25, 0.3) is 0 Å². The molecule has 4 unspecified atom stereocenters. The summed E-state index contributed by atoms with van der Waals surface area (Å²) in [6, 6.07) is 0. The first-order chi connectivity index (χ1) is 10.2. The minimum absolute atomic E-state index is 0.00313. The van der Waals surface area contributed by atoms with Gasteiger partial charge in [0.05, 0.1) is 32.2 Å². The molecule has 0 aliphatic carbocycles. The number of aliphatic hydroxyl groups excluding tert-OH is 1. The van der Waals surface area contributed by atoms with Gasteiger partial charge in [-0.3, -0.25) is 9.59 Å². The lowest BCUT2D eigenvalue weighted by Crippen LogP contribution is -2.28. The van der Waals surface area contributed by atoms with E-state index in [-0.39, 0.29) is 48.6 Å². The number of esters is 2. The predicted octanol–water partition coefficient (Wildman–Crippen LogP) is 1.46. The normalized spacial score (nSPS) is 16.5. The van der Waals surface area contributed by atoms with Gasteiger partial charge in [-0.1, -0.05) is 13.8 Å². The van der Waals surface area contributed by atoms with Crippen molar-refractivity contribution in [1.82, 2.24) is 0 Å². The van der Waals surface area contributed by atoms with Crippen molar-refractivity contribution in [2.45, 2.75) is 50.4 Å². The van der Waals surface area contributed by atoms with Gasteiger partial charge in [0.2, 0.25) is 0 Å². The molecular weight excluding hydrogens is 328 g/mol. The van der Waals surface area contributed by atoms with E-state index in [9.17, 15) is 14.7 Å². The summed E-state index contributed by atoms with van der Waals surface area (Å²) in [5.74, 6) is -1.14. The number of hydrogen-bond acceptors (Lipinski definition) is 8. The molecule has 22 heavy (non-hydrogen) atoms. The number of carbonyl (C=O) groups excluding carboxylic acids is 2. The Kier molecular flexibility index (Phi) is 11.8. The van der Waals surface area contributed by atoms with E-state index in [0.717, 1.165) is 0 Å². The van der Waals surface area contributed by atoms with Crippen LogP contribution in [-0.4, -0.2) is 53.7 Å². The number of hydrogen-bond donors (Lipinski definition) is 3. The highest BCUT2D eigenvalue weighted by molar-refractivity contribution is 7.81. The third-order valence-corrected chi connectivity index (χ3v) is 2.92. The van der Waals surface area contributed by atoms with Crippen LogP contribution in [0.1, 0.15) is 33.6 Å². The Morgan fingerprint density at radius 2 is 1.64 bits per heavy atom. The van der Waals surface area contributed by atoms with E-state index in [1.165, 1.54) is 6.92 Å². The number of aliphatic hydroxyl groups is 1. The van der Waals surface area contributed by atoms with E-state index in [2.05, 4.69) is 25.3 Å². The molecule has 0 aliphatic rings. The smallest absolute Gasteiger partial charge is 0.306 e. The maximum absolute atomic E-state index is 11.5. The largest absolute Gasteiger partial charge is 0.465 e. The number of ether oxygens (including phenoxy) is 3. The van der Waals surface area contributed by atoms with E-state index in [0.29, 0.717) is 6.42 Å². The number of rotatable bonds is 11. The van der Waals surface area contributed by atoms with Crippen LogP contribution in [0.2, 0.25) is 0 Å². The van der Waals surface area contributed by atoms with Gasteiger partial charge in [0.15, 0.2) is 6.29 Å². The molecule has 0 heterocycles. The maximum atomic E-state index is 11.5. The van der Waals surface area contributed by atoms with Crippen LogP contribution in [0.4, 0.5) is 0 Å². The molecule has 0 saturated heterocycles. The number of carbonyl (C=O) groups is 2. The van der Waals surface area contributed by atoms with Gasteiger partial charge in [-0.05, 0) is 0 Å². The van der Waals surface area contributed by atoms with Crippen molar-refractivity contribution in [3.63, 3.8) is 0 Å². The van der Waals surface area contributed by atoms with Gasteiger partial charge in [-0.15, -0.1) is 0 Å². The molecule has 0 bridgehead atoms. The summed E-state index contributed by atoms with van der Waals surface area (Å²) in [6.45, 7) is 5.14. The lowest BCUT2D eigenvalue weighted by atomic mass is 10.2. The van der Waals surface area contributed by atoms with Gasteiger partial charge < -0.3 is 19.3 Å². The van der Waals surface area contributed by atoms with Crippen LogP contribution >= 0.6 is 25.3 Å². The van der Waals surface area contributed by atoms with Crippen molar-refractivity contribution in [2.24, 2.45) is 5.92 Å². The average Bonchev–Trinajstić information content (AvgIpc) is 2.35. The summed E-state index contributed by atoms with van der Waals surface area (Å²) >= 11 is 8.28. The van der Waals surface area contributed by atoms with Gasteiger partial charge in [0.25, 0.3) is 0 Å². The minimum Gasteiger partial charge on any atom is -0.465 e. The van der Waals surface area contributed by atoms with Crippen molar-refractivity contribution in [3.8, 4) is 0 Å². The molecule has 0 aromatic heterocycles. The van der Waals surface area contributed by atoms with Crippen molar-refractivity contribution in [1.29, 1.82) is 0 Å². The van der Waals surface area contributed by atoms with Gasteiger partial charge in [-0.2, -0.15) is 25.3 Å². The first kappa shape index (κ1) is 21.6. The summed E-state index contributed by atoms with van der Waals surface area (Å²) in [5, 5.41) is 9.55. The van der Waals surface area contributed by atoms with Crippen LogP contribution in [0.3, 0.4) is 0 Å². The van der Waals surface area contributed by atoms with Crippen molar-refractivity contribution in [3.05, 3.63) is 0 Å². The van der Waals surface area contributed by atoms with E-state index < -0.39 is 12.3 Å². The van der Waals surface area contributed by atoms with Crippen molar-refractivity contribution < 1.29 is 28.9 Å². The summed E-state index contributed by atoms with van der Waals surface area (Å²) < 4.78 is 15.3. The molecule has 0 spiro atoms. The Morgan fingerprint density at radius 3 is 2.14 bits per heavy atom. The van der Waals surface area contributed by atoms with Crippen LogP contribution in [-0.2, 0) is 23.8 Å². The molecule has 0 amide bonds. The van der Waals surface area contributed by atoms with Gasteiger partial charge >= 0.3 is 11.9 Å². The molecule has 6 nitrogen and oxygen atoms in total. The van der Waals surface area contributed by atoms with Crippen LogP contribution < -0.4 is 0 Å². The summed E-state index contributed by atoms with van der Waals surface area (Å²) in [6.07, 6.45) is -0.384. The fourth-order valence-corrected chi connectivity index (χ4v) is 1.83. The third-order valence-electron chi connectivity index (χ3n) is 2.53. The molecule has 0 radical (unpaired) electrons. The van der Waals surface area contributed by atoms with Gasteiger partial charge in [0.1, 0.15) is 0 Å². The molecule has 0 saturated carbocycles. The third kappa shape index (κ3) is 13.2. The minimum atomic E-state index is -0.958. The Balaban J connectivity index is 4.24. The molecular formula is C14H26O6S2. The highest BCUT2D eigenvalue weighted by atomic mass is 32.1. The average molecular weight is 354 g/mol. The second-order valence-corrected chi connectivity index (χ2v) is 7.04. The maximum Gasteiger partial charge on any atom is 0.306 e. The first-order valence-electron chi connectivity index (χ1n) is 7.15. The first-order valence-corrected chi connectivity index (χ1v) is 8.18. The fraction of sp³-hybridized carbons (Fsp3) is 0.857. The topological polar surface area (TPSA) is 82.1 Å². The monoisotopic (exact) mass is 354 g/mol. The van der Waals surface area contributed by atoms with Crippen molar-refractivity contribution >= 4 is 37.2 Å². The molecule has 0 aliphatic heterocycles. The Hall–Kier alpha value is -0.440. The van der Waals surface area contributed by atoms with Gasteiger partial charge in [-0.25, -0.2) is 0 Å². The predicted molar refractivity (Wildman–Crippen MR) is 89.2 cm³/mol. The molecule has 130 valence electrons. The quantitative estimate of drug-likeness (QED) is 0.296. The Morgan fingerprint density at radius 1 is 1.05 bits per heavy atom. The van der Waals surface area contributed by atoms with Gasteiger partial charge in [0, 0.05) is 23.8 Å². The second kappa shape index (κ2) is 12.0. The van der Waals surface area contributed by atoms with Crippen molar-refractivity contribution in [2.75, 3.05) is 19.8 Å². The van der Waals surface area contributed by atoms with Crippen LogP contribution in [0.5, 0.6) is 0 Å². The fourth-order valence-electron chi connectivity index (χ4n) is 1.50. The molecule has 0 fully saturated rings. The molecule has 4 atom stereocenters. The second-order valence-electron chi connectivity index (χ2n) is 5.28. The number of thiol groups is 2. The molecule has 0 rings (SSSR count). The molecule has 8 heteroatoms. The zero-order valence-electron chi connectivity index (χ0n) is 13.2.